The van der Waals surface area contributed by atoms with Crippen LogP contribution in [0.2, 0.25) is 0 Å². The molecular weight excluding hydrogens is 476 g/mol. The fraction of sp³-hybridized carbons (Fsp3) is 0.0588. The highest BCUT2D eigenvalue weighted by Gasteiger charge is 2.17. The van der Waals surface area contributed by atoms with Crippen LogP contribution < -0.4 is 11.5 Å². The summed E-state index contributed by atoms with van der Waals surface area (Å²) in [6, 6.07) is 8.33. The predicted molar refractivity (Wildman–Crippen MR) is 116 cm³/mol. The summed E-state index contributed by atoms with van der Waals surface area (Å²) in [5.74, 6) is 0.176. The normalized spacial score (nSPS) is 12.6. The fourth-order valence-corrected chi connectivity index (χ4v) is 3.59. The van der Waals surface area contributed by atoms with Gasteiger partial charge in [0.1, 0.15) is 16.4 Å². The number of hydrogen-bond acceptors (Lipinski definition) is 12. The molecule has 0 radical (unpaired) electrons. The summed E-state index contributed by atoms with van der Waals surface area (Å²) in [5, 5.41) is 15.3. The highest BCUT2D eigenvalue weighted by Crippen LogP contribution is 2.33. The van der Waals surface area contributed by atoms with Gasteiger partial charge in [-0.15, -0.1) is 10.2 Å². The molecule has 0 aliphatic rings. The zero-order chi connectivity index (χ0) is 24.4. The van der Waals surface area contributed by atoms with Gasteiger partial charge >= 0.3 is 0 Å². The van der Waals surface area contributed by atoms with Crippen LogP contribution in [0.1, 0.15) is 5.82 Å². The second kappa shape index (κ2) is 8.94. The molecule has 16 heteroatoms. The number of azo groups is 2. The van der Waals surface area contributed by atoms with Gasteiger partial charge in [0.05, 0.1) is 16.3 Å². The molecule has 0 amide bonds. The number of benzene rings is 2. The molecular formula is C17H16N8O6S2. The molecule has 14 nitrogen and oxygen atoms in total. The van der Waals surface area contributed by atoms with E-state index in [1.165, 1.54) is 24.3 Å². The first-order valence-corrected chi connectivity index (χ1v) is 11.6. The molecule has 3 aromatic rings. The van der Waals surface area contributed by atoms with E-state index in [-0.39, 0.29) is 39.3 Å². The van der Waals surface area contributed by atoms with Gasteiger partial charge in [-0.2, -0.15) is 27.1 Å². The maximum atomic E-state index is 11.8. The van der Waals surface area contributed by atoms with Crippen LogP contribution in [0.3, 0.4) is 0 Å². The number of nitrogen functional groups attached to an aromatic ring is 2. The van der Waals surface area contributed by atoms with Crippen LogP contribution in [-0.2, 0) is 20.2 Å². The minimum absolute atomic E-state index is 0.0260. The van der Waals surface area contributed by atoms with E-state index >= 15 is 0 Å². The van der Waals surface area contributed by atoms with E-state index in [0.717, 1.165) is 18.2 Å². The Morgan fingerprint density at radius 2 is 1.30 bits per heavy atom. The number of anilines is 2. The number of rotatable bonds is 6. The maximum absolute atomic E-state index is 11.8. The molecule has 0 aliphatic heterocycles. The molecule has 0 fully saturated rings. The zero-order valence-corrected chi connectivity index (χ0v) is 18.4. The van der Waals surface area contributed by atoms with E-state index in [4.69, 9.17) is 16.0 Å². The Morgan fingerprint density at radius 1 is 0.758 bits per heavy atom. The first kappa shape index (κ1) is 23.8. The highest BCUT2D eigenvalue weighted by molar-refractivity contribution is 7.86. The largest absolute Gasteiger partial charge is 0.382 e. The van der Waals surface area contributed by atoms with E-state index in [0.29, 0.717) is 5.82 Å². The van der Waals surface area contributed by atoms with Crippen LogP contribution >= 0.6 is 0 Å². The van der Waals surface area contributed by atoms with Crippen LogP contribution in [-0.4, -0.2) is 35.9 Å². The Kier molecular flexibility index (Phi) is 6.45. The average Bonchev–Trinajstić information content (AvgIpc) is 2.71. The molecule has 0 saturated heterocycles. The zero-order valence-electron chi connectivity index (χ0n) is 16.7. The Hall–Kier alpha value is -3.86. The topological polar surface area (TPSA) is 236 Å². The van der Waals surface area contributed by atoms with E-state index in [1.54, 1.807) is 6.92 Å². The minimum Gasteiger partial charge on any atom is -0.382 e. The Bertz CT molecular complexity index is 1460. The van der Waals surface area contributed by atoms with Crippen molar-refractivity contribution in [2.24, 2.45) is 20.5 Å². The molecule has 0 aliphatic carbocycles. The average molecular weight is 492 g/mol. The van der Waals surface area contributed by atoms with Crippen molar-refractivity contribution in [2.75, 3.05) is 11.5 Å². The van der Waals surface area contributed by atoms with Crippen molar-refractivity contribution in [3.63, 3.8) is 0 Å². The standard InChI is InChI=1S/C17H16N8O6S2/c1-9-20-16(18)15(17(19)21-9)25-24-13-7-4-11(8-14(13)33(29,30)31)23-22-10-2-5-12(6-3-10)32(26,27)28/h2-8H,1H3,(H,26,27,28)(H,29,30,31)(H4,18,19,20,21)/b23-22+,25-24+. The third-order valence-electron chi connectivity index (χ3n) is 3.94. The quantitative estimate of drug-likeness (QED) is 0.289. The summed E-state index contributed by atoms with van der Waals surface area (Å²) in [4.78, 5) is 6.84. The van der Waals surface area contributed by atoms with Crippen LogP contribution in [0.4, 0.5) is 34.4 Å². The summed E-state index contributed by atoms with van der Waals surface area (Å²) >= 11 is 0. The van der Waals surface area contributed by atoms with E-state index in [2.05, 4.69) is 30.4 Å². The lowest BCUT2D eigenvalue weighted by molar-refractivity contribution is 0.481. The summed E-state index contributed by atoms with van der Waals surface area (Å²) in [6.07, 6.45) is 0. The van der Waals surface area contributed by atoms with Crippen molar-refractivity contribution in [1.29, 1.82) is 0 Å². The minimum atomic E-state index is -4.74. The molecule has 2 aromatic carbocycles. The fourth-order valence-electron chi connectivity index (χ4n) is 2.47. The van der Waals surface area contributed by atoms with Gasteiger partial charge in [0.25, 0.3) is 20.2 Å². The van der Waals surface area contributed by atoms with Gasteiger partial charge < -0.3 is 11.5 Å². The number of nitrogens with zero attached hydrogens (tertiary/aromatic N) is 6. The van der Waals surface area contributed by atoms with Crippen molar-refractivity contribution in [1.82, 2.24) is 9.97 Å². The van der Waals surface area contributed by atoms with Gasteiger partial charge in [0.15, 0.2) is 17.3 Å². The maximum Gasteiger partial charge on any atom is 0.296 e. The molecule has 0 unspecified atom stereocenters. The second-order valence-electron chi connectivity index (χ2n) is 6.39. The highest BCUT2D eigenvalue weighted by atomic mass is 32.2. The summed E-state index contributed by atoms with van der Waals surface area (Å²) < 4.78 is 64.3. The van der Waals surface area contributed by atoms with Gasteiger partial charge in [-0.3, -0.25) is 9.11 Å². The molecule has 0 saturated carbocycles. The van der Waals surface area contributed by atoms with E-state index in [9.17, 15) is 21.4 Å². The number of nitrogens with two attached hydrogens (primary N) is 2. The van der Waals surface area contributed by atoms with Crippen LogP contribution in [0, 0.1) is 6.92 Å². The molecule has 0 atom stereocenters. The van der Waals surface area contributed by atoms with Gasteiger partial charge in [-0.05, 0) is 49.4 Å². The lowest BCUT2D eigenvalue weighted by Crippen LogP contribution is -2.01. The molecule has 1 heterocycles. The smallest absolute Gasteiger partial charge is 0.296 e. The van der Waals surface area contributed by atoms with Crippen molar-refractivity contribution >= 4 is 54.6 Å². The third-order valence-corrected chi connectivity index (χ3v) is 5.69. The Labute approximate surface area is 187 Å². The van der Waals surface area contributed by atoms with Crippen LogP contribution in [0.15, 0.2) is 72.7 Å². The van der Waals surface area contributed by atoms with Gasteiger partial charge in [-0.1, -0.05) is 0 Å². The summed E-state index contributed by atoms with van der Waals surface area (Å²) in [5.41, 5.74) is 11.4. The van der Waals surface area contributed by atoms with Crippen LogP contribution in [0.5, 0.6) is 0 Å². The Morgan fingerprint density at radius 3 is 1.85 bits per heavy atom. The lowest BCUT2D eigenvalue weighted by Gasteiger charge is -2.05. The van der Waals surface area contributed by atoms with Crippen molar-refractivity contribution in [3.8, 4) is 0 Å². The predicted octanol–water partition coefficient (Wildman–Crippen LogP) is 3.27. The van der Waals surface area contributed by atoms with Crippen molar-refractivity contribution in [2.45, 2.75) is 16.7 Å². The Balaban J connectivity index is 1.94. The SMILES string of the molecule is Cc1nc(N)c(/N=N/c2ccc(/N=N/c3ccc(S(=O)(=O)O)cc3)cc2S(=O)(=O)O)c(N)n1. The molecule has 0 spiro atoms. The first-order chi connectivity index (χ1) is 15.3. The second-order valence-corrected chi connectivity index (χ2v) is 9.20. The van der Waals surface area contributed by atoms with Gasteiger partial charge in [0.2, 0.25) is 0 Å². The molecule has 1 aromatic heterocycles. The molecule has 0 bridgehead atoms. The van der Waals surface area contributed by atoms with Crippen molar-refractivity contribution < 1.29 is 25.9 Å². The lowest BCUT2D eigenvalue weighted by atomic mass is 10.3. The monoisotopic (exact) mass is 492 g/mol. The third kappa shape index (κ3) is 5.89. The summed E-state index contributed by atoms with van der Waals surface area (Å²) in [7, 11) is -9.09. The van der Waals surface area contributed by atoms with Gasteiger partial charge in [-0.25, -0.2) is 9.97 Å². The number of aromatic nitrogens is 2. The van der Waals surface area contributed by atoms with E-state index < -0.39 is 25.1 Å². The first-order valence-electron chi connectivity index (χ1n) is 8.77. The molecule has 172 valence electrons. The summed E-state index contributed by atoms with van der Waals surface area (Å²) in [6.45, 7) is 1.57. The van der Waals surface area contributed by atoms with Crippen molar-refractivity contribution in [3.05, 3.63) is 48.3 Å². The molecule has 3 rings (SSSR count). The van der Waals surface area contributed by atoms with Crippen LogP contribution in [0.25, 0.3) is 0 Å². The number of aryl methyl sites for hydroxylation is 1. The van der Waals surface area contributed by atoms with E-state index in [1.807, 2.05) is 0 Å². The number of hydrogen-bond donors (Lipinski definition) is 4. The molecule has 33 heavy (non-hydrogen) atoms. The molecule has 6 N–H and O–H groups in total. The van der Waals surface area contributed by atoms with Gasteiger partial charge in [0, 0.05) is 0 Å².